The lowest BCUT2D eigenvalue weighted by molar-refractivity contribution is -0.138. The Hall–Kier alpha value is -1.88. The Morgan fingerprint density at radius 1 is 1.11 bits per heavy atom. The minimum absolute atomic E-state index is 0.0869. The first-order valence-corrected chi connectivity index (χ1v) is 5.33. The summed E-state index contributed by atoms with van der Waals surface area (Å²) in [5, 5.41) is 0. The minimum atomic E-state index is -4.37. The lowest BCUT2D eigenvalue weighted by Gasteiger charge is -2.13. The van der Waals surface area contributed by atoms with E-state index in [9.17, 15) is 13.2 Å². The third kappa shape index (κ3) is 2.51. The predicted molar refractivity (Wildman–Crippen MR) is 62.6 cm³/mol. The second kappa shape index (κ2) is 4.78. The lowest BCUT2D eigenvalue weighted by Crippen LogP contribution is -2.11. The van der Waals surface area contributed by atoms with Crippen LogP contribution in [0.25, 0.3) is 11.1 Å². The second-order valence-corrected chi connectivity index (χ2v) is 3.82. The van der Waals surface area contributed by atoms with Gasteiger partial charge in [0.2, 0.25) is 0 Å². The fraction of sp³-hybridized carbons (Fsp3) is 0.154. The van der Waals surface area contributed by atoms with Gasteiger partial charge in [-0.15, -0.1) is 0 Å². The SMILES string of the molecule is NCc1cc(-c2cccnc2)ccc1C(F)(F)F. The molecule has 1 heterocycles. The maximum Gasteiger partial charge on any atom is 0.416 e. The molecule has 0 unspecified atom stereocenters. The van der Waals surface area contributed by atoms with Crippen LogP contribution < -0.4 is 5.73 Å². The van der Waals surface area contributed by atoms with E-state index in [4.69, 9.17) is 5.73 Å². The molecular formula is C13H11F3N2. The topological polar surface area (TPSA) is 38.9 Å². The van der Waals surface area contributed by atoms with E-state index >= 15 is 0 Å². The average Bonchev–Trinajstić information content (AvgIpc) is 2.38. The van der Waals surface area contributed by atoms with Crippen molar-refractivity contribution >= 4 is 0 Å². The van der Waals surface area contributed by atoms with E-state index in [-0.39, 0.29) is 12.1 Å². The Morgan fingerprint density at radius 3 is 2.44 bits per heavy atom. The predicted octanol–water partition coefficient (Wildman–Crippen LogP) is 3.23. The molecule has 0 amide bonds. The zero-order valence-corrected chi connectivity index (χ0v) is 9.41. The Balaban J connectivity index is 2.49. The van der Waals surface area contributed by atoms with Gasteiger partial charge in [0, 0.05) is 18.9 Å². The molecule has 5 heteroatoms. The van der Waals surface area contributed by atoms with E-state index in [1.807, 2.05) is 0 Å². The monoisotopic (exact) mass is 252 g/mol. The molecular weight excluding hydrogens is 241 g/mol. The molecule has 0 spiro atoms. The van der Waals surface area contributed by atoms with Crippen LogP contribution in [0.3, 0.4) is 0 Å². The molecule has 94 valence electrons. The maximum absolute atomic E-state index is 12.7. The third-order valence-electron chi connectivity index (χ3n) is 2.63. The van der Waals surface area contributed by atoms with Gasteiger partial charge in [-0.2, -0.15) is 13.2 Å². The minimum Gasteiger partial charge on any atom is -0.326 e. The number of hydrogen-bond donors (Lipinski definition) is 1. The number of nitrogens with zero attached hydrogens (tertiary/aromatic N) is 1. The van der Waals surface area contributed by atoms with Gasteiger partial charge in [-0.3, -0.25) is 4.98 Å². The van der Waals surface area contributed by atoms with Crippen LogP contribution in [0.1, 0.15) is 11.1 Å². The van der Waals surface area contributed by atoms with Gasteiger partial charge < -0.3 is 5.73 Å². The highest BCUT2D eigenvalue weighted by Gasteiger charge is 2.32. The van der Waals surface area contributed by atoms with Crippen molar-refractivity contribution in [3.05, 3.63) is 53.9 Å². The highest BCUT2D eigenvalue weighted by Crippen LogP contribution is 2.34. The van der Waals surface area contributed by atoms with Crippen molar-refractivity contribution < 1.29 is 13.2 Å². The van der Waals surface area contributed by atoms with Gasteiger partial charge in [0.05, 0.1) is 5.56 Å². The molecule has 0 radical (unpaired) electrons. The molecule has 0 saturated carbocycles. The van der Waals surface area contributed by atoms with Crippen LogP contribution in [0.4, 0.5) is 13.2 Å². The summed E-state index contributed by atoms with van der Waals surface area (Å²) in [5.74, 6) is 0. The Morgan fingerprint density at radius 2 is 1.89 bits per heavy atom. The molecule has 0 saturated heterocycles. The number of rotatable bonds is 2. The number of nitrogens with two attached hydrogens (primary N) is 1. The summed E-state index contributed by atoms with van der Waals surface area (Å²) in [6.45, 7) is -0.150. The lowest BCUT2D eigenvalue weighted by atomic mass is 10.00. The third-order valence-corrected chi connectivity index (χ3v) is 2.63. The standard InChI is InChI=1S/C13H11F3N2/c14-13(15,16)12-4-3-9(6-11(12)7-17)10-2-1-5-18-8-10/h1-6,8H,7,17H2. The summed E-state index contributed by atoms with van der Waals surface area (Å²) in [6.07, 6.45) is -1.16. The fourth-order valence-electron chi connectivity index (χ4n) is 1.75. The van der Waals surface area contributed by atoms with E-state index in [0.29, 0.717) is 5.56 Å². The van der Waals surface area contributed by atoms with Crippen LogP contribution in [0.2, 0.25) is 0 Å². The van der Waals surface area contributed by atoms with E-state index < -0.39 is 11.7 Å². The highest BCUT2D eigenvalue weighted by molar-refractivity contribution is 5.64. The van der Waals surface area contributed by atoms with Crippen LogP contribution >= 0.6 is 0 Å². The van der Waals surface area contributed by atoms with Crippen LogP contribution in [-0.4, -0.2) is 4.98 Å². The van der Waals surface area contributed by atoms with Crippen molar-refractivity contribution in [3.8, 4) is 11.1 Å². The molecule has 0 aliphatic rings. The number of alkyl halides is 3. The first kappa shape index (κ1) is 12.6. The van der Waals surface area contributed by atoms with Crippen molar-refractivity contribution in [2.24, 2.45) is 5.73 Å². The van der Waals surface area contributed by atoms with Crippen molar-refractivity contribution in [2.45, 2.75) is 12.7 Å². The van der Waals surface area contributed by atoms with Gasteiger partial charge in [-0.05, 0) is 34.9 Å². The molecule has 18 heavy (non-hydrogen) atoms. The van der Waals surface area contributed by atoms with Gasteiger partial charge in [0.1, 0.15) is 0 Å². The molecule has 0 atom stereocenters. The molecule has 0 aliphatic heterocycles. The Kier molecular flexibility index (Phi) is 3.34. The first-order valence-electron chi connectivity index (χ1n) is 5.33. The summed E-state index contributed by atoms with van der Waals surface area (Å²) in [4.78, 5) is 3.93. The van der Waals surface area contributed by atoms with Gasteiger partial charge in [0.15, 0.2) is 0 Å². The first-order chi connectivity index (χ1) is 8.52. The Bertz CT molecular complexity index is 536. The summed E-state index contributed by atoms with van der Waals surface area (Å²) in [6, 6.07) is 7.47. The van der Waals surface area contributed by atoms with Crippen molar-refractivity contribution in [1.82, 2.24) is 4.98 Å². The number of pyridine rings is 1. The molecule has 0 fully saturated rings. The molecule has 0 aliphatic carbocycles. The number of aromatic nitrogens is 1. The Labute approximate surface area is 102 Å². The second-order valence-electron chi connectivity index (χ2n) is 3.82. The van der Waals surface area contributed by atoms with Crippen molar-refractivity contribution in [2.75, 3.05) is 0 Å². The average molecular weight is 252 g/mol. The fourth-order valence-corrected chi connectivity index (χ4v) is 1.75. The van der Waals surface area contributed by atoms with Crippen molar-refractivity contribution in [1.29, 1.82) is 0 Å². The van der Waals surface area contributed by atoms with Crippen LogP contribution in [0.15, 0.2) is 42.7 Å². The zero-order chi connectivity index (χ0) is 13.2. The largest absolute Gasteiger partial charge is 0.416 e. The highest BCUT2D eigenvalue weighted by atomic mass is 19.4. The molecule has 1 aromatic carbocycles. The van der Waals surface area contributed by atoms with Crippen LogP contribution in [-0.2, 0) is 12.7 Å². The zero-order valence-electron chi connectivity index (χ0n) is 9.41. The quantitative estimate of drug-likeness (QED) is 0.891. The smallest absolute Gasteiger partial charge is 0.326 e. The van der Waals surface area contributed by atoms with Crippen LogP contribution in [0.5, 0.6) is 0 Å². The molecule has 0 bridgehead atoms. The maximum atomic E-state index is 12.7. The van der Waals surface area contributed by atoms with E-state index in [0.717, 1.165) is 11.6 Å². The van der Waals surface area contributed by atoms with E-state index in [1.54, 1.807) is 24.5 Å². The van der Waals surface area contributed by atoms with Gasteiger partial charge in [-0.25, -0.2) is 0 Å². The van der Waals surface area contributed by atoms with Gasteiger partial charge >= 0.3 is 6.18 Å². The van der Waals surface area contributed by atoms with Gasteiger partial charge in [0.25, 0.3) is 0 Å². The normalized spacial score (nSPS) is 11.6. The number of hydrogen-bond acceptors (Lipinski definition) is 2. The summed E-state index contributed by atoms with van der Waals surface area (Å²) in [5.41, 5.74) is 6.22. The van der Waals surface area contributed by atoms with E-state index in [1.165, 1.54) is 12.1 Å². The molecule has 2 rings (SSSR count). The number of benzene rings is 1. The van der Waals surface area contributed by atoms with Crippen LogP contribution in [0, 0.1) is 0 Å². The summed E-state index contributed by atoms with van der Waals surface area (Å²) in [7, 11) is 0. The van der Waals surface area contributed by atoms with Gasteiger partial charge in [-0.1, -0.05) is 12.1 Å². The molecule has 2 N–H and O–H groups in total. The number of halogens is 3. The van der Waals surface area contributed by atoms with Crippen molar-refractivity contribution in [3.63, 3.8) is 0 Å². The summed E-state index contributed by atoms with van der Waals surface area (Å²) < 4.78 is 38.1. The molecule has 2 nitrogen and oxygen atoms in total. The van der Waals surface area contributed by atoms with E-state index in [2.05, 4.69) is 4.98 Å². The molecule has 1 aromatic heterocycles. The summed E-state index contributed by atoms with van der Waals surface area (Å²) >= 11 is 0. The molecule has 2 aromatic rings.